The zero-order chi connectivity index (χ0) is 18.1. The number of nitrogens with one attached hydrogen (secondary N) is 1. The number of aryl methyl sites for hydroxylation is 1. The molecule has 0 aliphatic carbocycles. The lowest BCUT2D eigenvalue weighted by Gasteiger charge is -2.30. The molecule has 1 aliphatic rings. The van der Waals surface area contributed by atoms with Crippen molar-refractivity contribution in [2.24, 2.45) is 0 Å². The Hall–Kier alpha value is -2.73. The summed E-state index contributed by atoms with van der Waals surface area (Å²) in [5.74, 6) is 0.902. The number of phenolic OH excluding ortho intramolecular Hbond substituents is 1. The van der Waals surface area contributed by atoms with Crippen molar-refractivity contribution in [2.45, 2.75) is 25.8 Å². The average Bonchev–Trinajstić information content (AvgIpc) is 2.63. The Kier molecular flexibility index (Phi) is 4.42. The van der Waals surface area contributed by atoms with E-state index in [1.165, 1.54) is 6.42 Å². The lowest BCUT2D eigenvalue weighted by molar-refractivity contribution is 0.261. The third-order valence-electron chi connectivity index (χ3n) is 4.88. The lowest BCUT2D eigenvalue weighted by atomic mass is 10.0. The van der Waals surface area contributed by atoms with Gasteiger partial charge in [0.1, 0.15) is 17.0 Å². The molecule has 0 unspecified atom stereocenters. The smallest absolute Gasteiger partial charge is 0.175 e. The van der Waals surface area contributed by atoms with Crippen LogP contribution in [0.15, 0.2) is 36.5 Å². The third kappa shape index (κ3) is 3.20. The van der Waals surface area contributed by atoms with Gasteiger partial charge in [-0.3, -0.25) is 4.98 Å². The highest BCUT2D eigenvalue weighted by Crippen LogP contribution is 2.34. The van der Waals surface area contributed by atoms with Gasteiger partial charge in [-0.2, -0.15) is 0 Å². The molecule has 6 nitrogen and oxygen atoms in total. The zero-order valence-corrected chi connectivity index (χ0v) is 15.1. The van der Waals surface area contributed by atoms with E-state index >= 15 is 0 Å². The molecule has 1 aromatic carbocycles. The Morgan fingerprint density at radius 1 is 1.23 bits per heavy atom. The number of nitrogens with zero attached hydrogens (tertiary/aromatic N) is 4. The van der Waals surface area contributed by atoms with Crippen molar-refractivity contribution >= 4 is 16.7 Å². The van der Waals surface area contributed by atoms with E-state index in [4.69, 9.17) is 0 Å². The van der Waals surface area contributed by atoms with Crippen molar-refractivity contribution in [3.63, 3.8) is 0 Å². The van der Waals surface area contributed by atoms with Crippen molar-refractivity contribution in [3.8, 4) is 17.0 Å². The molecule has 3 heterocycles. The van der Waals surface area contributed by atoms with Gasteiger partial charge in [0.25, 0.3) is 0 Å². The van der Waals surface area contributed by atoms with Crippen LogP contribution in [-0.4, -0.2) is 51.4 Å². The summed E-state index contributed by atoms with van der Waals surface area (Å²) in [5, 5.41) is 23.5. The number of pyridine rings is 1. The summed E-state index contributed by atoms with van der Waals surface area (Å²) >= 11 is 0. The van der Waals surface area contributed by atoms with Gasteiger partial charge < -0.3 is 15.3 Å². The van der Waals surface area contributed by atoms with E-state index in [1.54, 1.807) is 12.1 Å². The number of benzene rings is 1. The minimum absolute atomic E-state index is 0.194. The highest BCUT2D eigenvalue weighted by atomic mass is 16.3. The summed E-state index contributed by atoms with van der Waals surface area (Å²) in [6, 6.07) is 9.59. The van der Waals surface area contributed by atoms with Gasteiger partial charge in [0.15, 0.2) is 5.82 Å². The monoisotopic (exact) mass is 349 g/mol. The van der Waals surface area contributed by atoms with Crippen LogP contribution in [0.5, 0.6) is 5.75 Å². The van der Waals surface area contributed by atoms with Crippen molar-refractivity contribution < 1.29 is 5.11 Å². The molecule has 0 saturated carbocycles. The maximum atomic E-state index is 10.2. The molecule has 1 saturated heterocycles. The number of hydrogen-bond acceptors (Lipinski definition) is 6. The van der Waals surface area contributed by atoms with Gasteiger partial charge in [-0.05, 0) is 57.1 Å². The minimum Gasteiger partial charge on any atom is -0.507 e. The lowest BCUT2D eigenvalue weighted by Crippen LogP contribution is -2.40. The predicted molar refractivity (Wildman–Crippen MR) is 103 cm³/mol. The van der Waals surface area contributed by atoms with Crippen LogP contribution < -0.4 is 5.32 Å². The maximum absolute atomic E-state index is 10.2. The number of rotatable bonds is 3. The highest BCUT2D eigenvalue weighted by molar-refractivity contribution is 5.98. The van der Waals surface area contributed by atoms with E-state index in [-0.39, 0.29) is 5.75 Å². The average molecular weight is 349 g/mol. The molecule has 1 atom stereocenters. The molecule has 0 bridgehead atoms. The molecule has 2 aromatic heterocycles. The number of hydrogen-bond donors (Lipinski definition) is 2. The molecule has 2 N–H and O–H groups in total. The third-order valence-corrected chi connectivity index (χ3v) is 4.88. The number of likely N-dealkylation sites (N-methyl/N-ethyl adjacent to an activating group) is 1. The Morgan fingerprint density at radius 3 is 2.88 bits per heavy atom. The number of phenols is 1. The molecule has 1 aliphatic heterocycles. The Labute approximate surface area is 152 Å². The molecule has 0 amide bonds. The van der Waals surface area contributed by atoms with Crippen LogP contribution in [-0.2, 0) is 0 Å². The quantitative estimate of drug-likeness (QED) is 0.756. The van der Waals surface area contributed by atoms with E-state index in [9.17, 15) is 5.11 Å². The van der Waals surface area contributed by atoms with Gasteiger partial charge in [0, 0.05) is 29.7 Å². The zero-order valence-electron chi connectivity index (χ0n) is 15.1. The molecule has 26 heavy (non-hydrogen) atoms. The first kappa shape index (κ1) is 16.7. The largest absolute Gasteiger partial charge is 0.507 e. The fourth-order valence-corrected chi connectivity index (χ4v) is 3.59. The van der Waals surface area contributed by atoms with Crippen molar-refractivity contribution in [1.29, 1.82) is 0 Å². The number of anilines is 1. The molecule has 1 fully saturated rings. The normalized spacial score (nSPS) is 18.2. The molecule has 0 spiro atoms. The molecular weight excluding hydrogens is 326 g/mol. The van der Waals surface area contributed by atoms with Crippen LogP contribution in [0.1, 0.15) is 18.4 Å². The second-order valence-electron chi connectivity index (χ2n) is 7.07. The summed E-state index contributed by atoms with van der Waals surface area (Å²) in [6.07, 6.45) is 4.12. The van der Waals surface area contributed by atoms with Crippen LogP contribution in [0.3, 0.4) is 0 Å². The van der Waals surface area contributed by atoms with Crippen LogP contribution in [0.4, 0.5) is 5.82 Å². The second kappa shape index (κ2) is 6.88. The van der Waals surface area contributed by atoms with Gasteiger partial charge in [-0.15, -0.1) is 10.2 Å². The summed E-state index contributed by atoms with van der Waals surface area (Å²) in [7, 11) is 2.14. The first-order valence-corrected chi connectivity index (χ1v) is 8.98. The number of fused-ring (bicyclic) bond motifs is 1. The second-order valence-corrected chi connectivity index (χ2v) is 7.07. The number of likely N-dealkylation sites (tertiary alicyclic amines) is 1. The van der Waals surface area contributed by atoms with Crippen LogP contribution in [0.2, 0.25) is 0 Å². The molecule has 3 aromatic rings. The highest BCUT2D eigenvalue weighted by Gasteiger charge is 2.20. The summed E-state index contributed by atoms with van der Waals surface area (Å²) < 4.78 is 0. The molecule has 0 radical (unpaired) electrons. The Balaban J connectivity index is 1.79. The molecular formula is C20H23N5O. The first-order chi connectivity index (χ1) is 12.6. The first-order valence-electron chi connectivity index (χ1n) is 8.98. The van der Waals surface area contributed by atoms with Gasteiger partial charge >= 0.3 is 0 Å². The fraction of sp³-hybridized carbons (Fsp3) is 0.350. The number of aromatic nitrogens is 3. The summed E-state index contributed by atoms with van der Waals surface area (Å²) in [6.45, 7) is 4.12. The topological polar surface area (TPSA) is 74.2 Å². The van der Waals surface area contributed by atoms with E-state index in [2.05, 4.69) is 38.5 Å². The van der Waals surface area contributed by atoms with E-state index in [1.807, 2.05) is 25.3 Å². The molecule has 134 valence electrons. The van der Waals surface area contributed by atoms with Crippen molar-refractivity contribution in [1.82, 2.24) is 20.1 Å². The maximum Gasteiger partial charge on any atom is 0.175 e. The van der Waals surface area contributed by atoms with Gasteiger partial charge in [-0.25, -0.2) is 0 Å². The van der Waals surface area contributed by atoms with Crippen LogP contribution >= 0.6 is 0 Å². The fourth-order valence-electron chi connectivity index (χ4n) is 3.59. The minimum atomic E-state index is 0.194. The van der Waals surface area contributed by atoms with Crippen molar-refractivity contribution in [3.05, 3.63) is 42.1 Å². The van der Waals surface area contributed by atoms with Crippen LogP contribution in [0.25, 0.3) is 22.2 Å². The number of aromatic hydroxyl groups is 1. The van der Waals surface area contributed by atoms with Gasteiger partial charge in [0.2, 0.25) is 0 Å². The SMILES string of the molecule is Cc1cnc2c(N[C@@H]3CCCN(C)C3)nnc(-c3ccccc3O)c2c1. The number of para-hydroxylation sites is 1. The molecule has 4 rings (SSSR count). The summed E-state index contributed by atoms with van der Waals surface area (Å²) in [5.41, 5.74) is 3.16. The van der Waals surface area contributed by atoms with Gasteiger partial charge in [-0.1, -0.05) is 12.1 Å². The molecule has 6 heteroatoms. The Morgan fingerprint density at radius 2 is 2.08 bits per heavy atom. The predicted octanol–water partition coefficient (Wildman–Crippen LogP) is 3.21. The van der Waals surface area contributed by atoms with Crippen LogP contribution in [0, 0.1) is 6.92 Å². The number of piperidine rings is 1. The van der Waals surface area contributed by atoms with Crippen molar-refractivity contribution in [2.75, 3.05) is 25.5 Å². The van der Waals surface area contributed by atoms with Gasteiger partial charge in [0.05, 0.1) is 0 Å². The van der Waals surface area contributed by atoms with E-state index in [0.29, 0.717) is 23.1 Å². The Bertz CT molecular complexity index is 943. The standard InChI is InChI=1S/C20H23N5O/c1-13-10-16-18(15-7-3-4-8-17(15)26)23-24-20(19(16)21-11-13)22-14-6-5-9-25(2)12-14/h3-4,7-8,10-11,14,26H,5-6,9,12H2,1-2H3,(H,22,24)/t14-/m1/s1. The van der Waals surface area contributed by atoms with E-state index in [0.717, 1.165) is 36.0 Å². The van der Waals surface area contributed by atoms with E-state index < -0.39 is 0 Å². The summed E-state index contributed by atoms with van der Waals surface area (Å²) in [4.78, 5) is 6.94.